The topological polar surface area (TPSA) is 22.0 Å². The molecule has 3 heteroatoms. The van der Waals surface area contributed by atoms with E-state index in [1.807, 2.05) is 36.4 Å². The number of benzene rings is 2. The van der Waals surface area contributed by atoms with Gasteiger partial charge in [-0.2, -0.15) is 11.8 Å². The molecule has 0 saturated carbocycles. The Morgan fingerprint density at radius 1 is 0.926 bits per heavy atom. The number of hydrogen-bond donors (Lipinski definition) is 0. The molecule has 0 spiro atoms. The van der Waals surface area contributed by atoms with Crippen LogP contribution in [-0.4, -0.2) is 21.9 Å². The van der Waals surface area contributed by atoms with Crippen molar-refractivity contribution in [2.75, 3.05) is 11.5 Å². The van der Waals surface area contributed by atoms with Gasteiger partial charge in [-0.05, 0) is 43.8 Å². The van der Waals surface area contributed by atoms with Crippen LogP contribution in [0.15, 0.2) is 54.6 Å². The largest absolute Gasteiger partial charge is 0.344 e. The van der Waals surface area contributed by atoms with Crippen molar-refractivity contribution < 1.29 is 4.79 Å². The van der Waals surface area contributed by atoms with Crippen molar-refractivity contribution in [1.29, 1.82) is 0 Å². The second kappa shape index (κ2) is 9.80. The minimum atomic E-state index is 0.123. The summed E-state index contributed by atoms with van der Waals surface area (Å²) in [6.07, 6.45) is 4.97. The van der Waals surface area contributed by atoms with E-state index in [4.69, 9.17) is 0 Å². The Morgan fingerprint density at radius 3 is 2.41 bits per heavy atom. The maximum Gasteiger partial charge on any atom is 0.195 e. The third kappa shape index (κ3) is 4.65. The number of fused-ring (bicyclic) bond motifs is 1. The summed E-state index contributed by atoms with van der Waals surface area (Å²) in [4.78, 5) is 13.2. The van der Waals surface area contributed by atoms with E-state index < -0.39 is 0 Å². The number of thioether (sulfide) groups is 1. The molecule has 0 aliphatic heterocycles. The van der Waals surface area contributed by atoms with Gasteiger partial charge in [-0.3, -0.25) is 4.79 Å². The van der Waals surface area contributed by atoms with Crippen LogP contribution in [0.2, 0.25) is 0 Å². The zero-order chi connectivity index (χ0) is 19.1. The standard InChI is InChI=1S/C24H29NOS/c1-3-4-17-27-18-11-10-16-25-19(2)23(21-14-8-9-15-22(21)25)24(26)20-12-6-5-7-13-20/h5-9,12-15H,3-4,10-11,16-18H2,1-2H3. The quantitative estimate of drug-likeness (QED) is 0.296. The van der Waals surface area contributed by atoms with Crippen LogP contribution < -0.4 is 0 Å². The van der Waals surface area contributed by atoms with Gasteiger partial charge in [0.25, 0.3) is 0 Å². The summed E-state index contributed by atoms with van der Waals surface area (Å²) < 4.78 is 2.34. The van der Waals surface area contributed by atoms with Gasteiger partial charge in [0.15, 0.2) is 5.78 Å². The highest BCUT2D eigenvalue weighted by Gasteiger charge is 2.20. The summed E-state index contributed by atoms with van der Waals surface area (Å²) in [6, 6.07) is 17.9. The van der Waals surface area contributed by atoms with Gasteiger partial charge in [0.1, 0.15) is 0 Å². The van der Waals surface area contributed by atoms with E-state index in [1.54, 1.807) is 0 Å². The van der Waals surface area contributed by atoms with Crippen molar-refractivity contribution in [1.82, 2.24) is 4.57 Å². The van der Waals surface area contributed by atoms with Gasteiger partial charge in [0.05, 0.1) is 5.56 Å². The lowest BCUT2D eigenvalue weighted by atomic mass is 10.0. The van der Waals surface area contributed by atoms with Crippen LogP contribution in [0.3, 0.4) is 0 Å². The smallest absolute Gasteiger partial charge is 0.195 e. The molecule has 0 amide bonds. The molecule has 0 radical (unpaired) electrons. The third-order valence-electron chi connectivity index (χ3n) is 5.06. The van der Waals surface area contributed by atoms with E-state index in [0.29, 0.717) is 0 Å². The third-order valence-corrected chi connectivity index (χ3v) is 6.21. The highest BCUT2D eigenvalue weighted by Crippen LogP contribution is 2.28. The number of unbranched alkanes of at least 4 members (excludes halogenated alkanes) is 2. The molecule has 1 aromatic heterocycles. The first-order chi connectivity index (χ1) is 13.2. The van der Waals surface area contributed by atoms with Crippen LogP contribution in [-0.2, 0) is 6.54 Å². The molecule has 0 N–H and O–H groups in total. The number of para-hydroxylation sites is 1. The van der Waals surface area contributed by atoms with Crippen LogP contribution in [0.25, 0.3) is 10.9 Å². The number of carbonyl (C=O) groups excluding carboxylic acids is 1. The second-order valence-corrected chi connectivity index (χ2v) is 8.22. The average Bonchev–Trinajstić information content (AvgIpc) is 2.99. The van der Waals surface area contributed by atoms with Crippen molar-refractivity contribution in [3.05, 3.63) is 71.4 Å². The van der Waals surface area contributed by atoms with E-state index in [9.17, 15) is 4.79 Å². The molecule has 0 atom stereocenters. The van der Waals surface area contributed by atoms with Gasteiger partial charge in [0.2, 0.25) is 0 Å². The van der Waals surface area contributed by atoms with Crippen molar-refractivity contribution in [3.63, 3.8) is 0 Å². The van der Waals surface area contributed by atoms with E-state index in [1.165, 1.54) is 36.3 Å². The maximum atomic E-state index is 13.2. The van der Waals surface area contributed by atoms with Gasteiger partial charge in [-0.15, -0.1) is 0 Å². The normalized spacial score (nSPS) is 11.2. The zero-order valence-corrected chi connectivity index (χ0v) is 17.2. The molecule has 0 fully saturated rings. The number of hydrogen-bond acceptors (Lipinski definition) is 2. The molecule has 0 aliphatic rings. The second-order valence-electron chi connectivity index (χ2n) is 7.00. The summed E-state index contributed by atoms with van der Waals surface area (Å²) in [5, 5.41) is 1.07. The molecule has 3 aromatic rings. The molecular formula is C24H29NOS. The molecule has 0 bridgehead atoms. The fraction of sp³-hybridized carbons (Fsp3) is 0.375. The minimum Gasteiger partial charge on any atom is -0.344 e. The summed E-state index contributed by atoms with van der Waals surface area (Å²) in [5.74, 6) is 2.63. The summed E-state index contributed by atoms with van der Waals surface area (Å²) in [6.45, 7) is 5.31. The van der Waals surface area contributed by atoms with Crippen molar-refractivity contribution in [2.45, 2.75) is 46.1 Å². The SMILES string of the molecule is CCCCSCCCCn1c(C)c(C(=O)c2ccccc2)c2ccccc21. The van der Waals surface area contributed by atoms with Crippen LogP contribution in [0.1, 0.15) is 54.2 Å². The number of aromatic nitrogens is 1. The molecule has 27 heavy (non-hydrogen) atoms. The molecule has 0 saturated heterocycles. The molecule has 2 nitrogen and oxygen atoms in total. The number of carbonyl (C=O) groups is 1. The van der Waals surface area contributed by atoms with Gasteiger partial charge in [-0.1, -0.05) is 61.9 Å². The molecule has 3 rings (SSSR count). The Bertz CT molecular complexity index is 882. The van der Waals surface area contributed by atoms with E-state index in [-0.39, 0.29) is 5.78 Å². The lowest BCUT2D eigenvalue weighted by Gasteiger charge is -2.09. The van der Waals surface area contributed by atoms with E-state index >= 15 is 0 Å². The Kier molecular flexibility index (Phi) is 7.17. The van der Waals surface area contributed by atoms with Crippen molar-refractivity contribution in [2.24, 2.45) is 0 Å². The van der Waals surface area contributed by atoms with Crippen LogP contribution in [0.4, 0.5) is 0 Å². The van der Waals surface area contributed by atoms with Gasteiger partial charge in [-0.25, -0.2) is 0 Å². The minimum absolute atomic E-state index is 0.123. The molecule has 2 aromatic carbocycles. The highest BCUT2D eigenvalue weighted by atomic mass is 32.2. The van der Waals surface area contributed by atoms with Gasteiger partial charge >= 0.3 is 0 Å². The predicted molar refractivity (Wildman–Crippen MR) is 118 cm³/mol. The number of nitrogens with zero attached hydrogens (tertiary/aromatic N) is 1. The summed E-state index contributed by atoms with van der Waals surface area (Å²) in [5.41, 5.74) is 3.88. The Labute approximate surface area is 167 Å². The van der Waals surface area contributed by atoms with Gasteiger partial charge < -0.3 is 4.57 Å². The number of rotatable bonds is 10. The van der Waals surface area contributed by atoms with E-state index in [0.717, 1.165) is 35.2 Å². The lowest BCUT2D eigenvalue weighted by molar-refractivity contribution is 0.103. The summed E-state index contributed by atoms with van der Waals surface area (Å²) >= 11 is 2.06. The Morgan fingerprint density at radius 2 is 1.63 bits per heavy atom. The highest BCUT2D eigenvalue weighted by molar-refractivity contribution is 7.99. The monoisotopic (exact) mass is 379 g/mol. The first-order valence-electron chi connectivity index (χ1n) is 9.99. The zero-order valence-electron chi connectivity index (χ0n) is 16.4. The fourth-order valence-corrected chi connectivity index (χ4v) is 4.67. The molecule has 0 unspecified atom stereocenters. The molecular weight excluding hydrogens is 350 g/mol. The first kappa shape index (κ1) is 19.8. The maximum absolute atomic E-state index is 13.2. The Balaban J connectivity index is 1.78. The van der Waals surface area contributed by atoms with Crippen molar-refractivity contribution >= 4 is 28.4 Å². The van der Waals surface area contributed by atoms with E-state index in [2.05, 4.69) is 48.4 Å². The lowest BCUT2D eigenvalue weighted by Crippen LogP contribution is -2.06. The van der Waals surface area contributed by atoms with Gasteiger partial charge in [0, 0.05) is 28.7 Å². The summed E-state index contributed by atoms with van der Waals surface area (Å²) in [7, 11) is 0. The fourth-order valence-electron chi connectivity index (χ4n) is 3.56. The number of aryl methyl sites for hydroxylation is 1. The first-order valence-corrected chi connectivity index (χ1v) is 11.1. The molecule has 0 aliphatic carbocycles. The average molecular weight is 380 g/mol. The van der Waals surface area contributed by atoms with Crippen LogP contribution >= 0.6 is 11.8 Å². The molecule has 142 valence electrons. The predicted octanol–water partition coefficient (Wildman–Crippen LogP) is 6.49. The van der Waals surface area contributed by atoms with Crippen LogP contribution in [0, 0.1) is 6.92 Å². The Hall–Kier alpha value is -2.00. The van der Waals surface area contributed by atoms with Crippen LogP contribution in [0.5, 0.6) is 0 Å². The van der Waals surface area contributed by atoms with Crippen molar-refractivity contribution in [3.8, 4) is 0 Å². The number of ketones is 1. The molecule has 1 heterocycles.